The van der Waals surface area contributed by atoms with Crippen molar-refractivity contribution >= 4 is 5.91 Å². The van der Waals surface area contributed by atoms with Crippen molar-refractivity contribution in [3.05, 3.63) is 41.1 Å². The summed E-state index contributed by atoms with van der Waals surface area (Å²) in [6, 6.07) is 1.59. The topological polar surface area (TPSA) is 60.1 Å². The molecule has 2 heterocycles. The van der Waals surface area contributed by atoms with Crippen LogP contribution in [0.5, 0.6) is 0 Å². The van der Waals surface area contributed by atoms with Crippen molar-refractivity contribution in [3.63, 3.8) is 0 Å². The maximum atomic E-state index is 12.0. The molecule has 0 radical (unpaired) electrons. The SMILES string of the molecule is Cc1occc1C(=O)N[C@H](C)c1cnn(C)c1C. The second-order valence-corrected chi connectivity index (χ2v) is 4.39. The van der Waals surface area contributed by atoms with Gasteiger partial charge < -0.3 is 9.73 Å². The number of nitrogens with zero attached hydrogens (tertiary/aromatic N) is 2. The molecule has 0 fully saturated rings. The molecular weight excluding hydrogens is 230 g/mol. The van der Waals surface area contributed by atoms with Gasteiger partial charge >= 0.3 is 0 Å². The monoisotopic (exact) mass is 247 g/mol. The summed E-state index contributed by atoms with van der Waals surface area (Å²) in [5.41, 5.74) is 2.64. The van der Waals surface area contributed by atoms with Gasteiger partial charge in [-0.3, -0.25) is 9.48 Å². The minimum absolute atomic E-state index is 0.0829. The lowest BCUT2D eigenvalue weighted by molar-refractivity contribution is 0.0938. The number of rotatable bonds is 3. The summed E-state index contributed by atoms with van der Waals surface area (Å²) in [4.78, 5) is 12.0. The fourth-order valence-electron chi connectivity index (χ4n) is 1.91. The van der Waals surface area contributed by atoms with E-state index in [0.29, 0.717) is 11.3 Å². The summed E-state index contributed by atoms with van der Waals surface area (Å²) in [6.45, 7) is 5.69. The number of hydrogen-bond donors (Lipinski definition) is 1. The smallest absolute Gasteiger partial charge is 0.255 e. The molecular formula is C13H17N3O2. The molecule has 0 saturated carbocycles. The second-order valence-electron chi connectivity index (χ2n) is 4.39. The quantitative estimate of drug-likeness (QED) is 0.903. The maximum Gasteiger partial charge on any atom is 0.255 e. The normalized spacial score (nSPS) is 12.4. The summed E-state index contributed by atoms with van der Waals surface area (Å²) in [5, 5.41) is 7.11. The third-order valence-electron chi connectivity index (χ3n) is 3.19. The highest BCUT2D eigenvalue weighted by atomic mass is 16.3. The van der Waals surface area contributed by atoms with Crippen LogP contribution in [0.4, 0.5) is 0 Å². The predicted octanol–water partition coefficient (Wildman–Crippen LogP) is 2.12. The van der Waals surface area contributed by atoms with Gasteiger partial charge in [0, 0.05) is 18.3 Å². The van der Waals surface area contributed by atoms with Crippen LogP contribution in [0.1, 0.15) is 40.3 Å². The average Bonchev–Trinajstić information content (AvgIpc) is 2.87. The molecule has 2 aromatic rings. The van der Waals surface area contributed by atoms with Crippen molar-refractivity contribution in [2.45, 2.75) is 26.8 Å². The van der Waals surface area contributed by atoms with Crippen LogP contribution in [-0.4, -0.2) is 15.7 Å². The van der Waals surface area contributed by atoms with Crippen molar-refractivity contribution in [2.24, 2.45) is 7.05 Å². The number of nitrogens with one attached hydrogen (secondary N) is 1. The Morgan fingerprint density at radius 2 is 2.22 bits per heavy atom. The molecule has 1 amide bonds. The van der Waals surface area contributed by atoms with E-state index < -0.39 is 0 Å². The van der Waals surface area contributed by atoms with Crippen LogP contribution in [0.25, 0.3) is 0 Å². The summed E-state index contributed by atoms with van der Waals surface area (Å²) in [6.07, 6.45) is 3.30. The number of furan rings is 1. The summed E-state index contributed by atoms with van der Waals surface area (Å²) < 4.78 is 6.92. The molecule has 5 nitrogen and oxygen atoms in total. The fraction of sp³-hybridized carbons (Fsp3) is 0.385. The Kier molecular flexibility index (Phi) is 3.23. The largest absolute Gasteiger partial charge is 0.469 e. The van der Waals surface area contributed by atoms with Crippen LogP contribution in [-0.2, 0) is 7.05 Å². The molecule has 0 aliphatic heterocycles. The minimum Gasteiger partial charge on any atom is -0.469 e. The lowest BCUT2D eigenvalue weighted by Crippen LogP contribution is -2.27. The zero-order valence-electron chi connectivity index (χ0n) is 11.0. The van der Waals surface area contributed by atoms with Crippen molar-refractivity contribution < 1.29 is 9.21 Å². The van der Waals surface area contributed by atoms with E-state index in [0.717, 1.165) is 11.3 Å². The Hall–Kier alpha value is -2.04. The zero-order valence-corrected chi connectivity index (χ0v) is 11.0. The van der Waals surface area contributed by atoms with Gasteiger partial charge in [-0.15, -0.1) is 0 Å². The van der Waals surface area contributed by atoms with E-state index in [2.05, 4.69) is 10.4 Å². The van der Waals surface area contributed by atoms with Gasteiger partial charge in [0.1, 0.15) is 5.76 Å². The summed E-state index contributed by atoms with van der Waals surface area (Å²) in [7, 11) is 1.88. The van der Waals surface area contributed by atoms with Gasteiger partial charge in [-0.1, -0.05) is 0 Å². The van der Waals surface area contributed by atoms with Gasteiger partial charge in [-0.25, -0.2) is 0 Å². The van der Waals surface area contributed by atoms with Crippen LogP contribution in [0.2, 0.25) is 0 Å². The molecule has 0 spiro atoms. The van der Waals surface area contributed by atoms with Crippen LogP contribution in [0.3, 0.4) is 0 Å². The number of amides is 1. The summed E-state index contributed by atoms with van der Waals surface area (Å²) in [5.74, 6) is 0.500. The van der Waals surface area contributed by atoms with Crippen LogP contribution in [0.15, 0.2) is 22.9 Å². The molecule has 0 unspecified atom stereocenters. The molecule has 2 aromatic heterocycles. The molecule has 5 heteroatoms. The molecule has 0 aliphatic carbocycles. The van der Waals surface area contributed by atoms with Crippen LogP contribution < -0.4 is 5.32 Å². The van der Waals surface area contributed by atoms with Gasteiger partial charge in [0.2, 0.25) is 0 Å². The molecule has 0 saturated heterocycles. The first-order valence-electron chi connectivity index (χ1n) is 5.84. The predicted molar refractivity (Wildman–Crippen MR) is 67.3 cm³/mol. The molecule has 0 bridgehead atoms. The Labute approximate surface area is 106 Å². The van der Waals surface area contributed by atoms with E-state index in [1.54, 1.807) is 23.9 Å². The third-order valence-corrected chi connectivity index (χ3v) is 3.19. The van der Waals surface area contributed by atoms with Crippen molar-refractivity contribution in [2.75, 3.05) is 0 Å². The average molecular weight is 247 g/mol. The molecule has 1 atom stereocenters. The standard InChI is InChI=1S/C13H17N3O2/c1-8(12-7-14-16(4)9(12)2)15-13(17)11-5-6-18-10(11)3/h5-8H,1-4H3,(H,15,17)/t8-/m1/s1. The van der Waals surface area contributed by atoms with Gasteiger partial charge in [0.25, 0.3) is 5.91 Å². The summed E-state index contributed by atoms with van der Waals surface area (Å²) >= 11 is 0. The van der Waals surface area contributed by atoms with Gasteiger partial charge in [-0.05, 0) is 26.8 Å². The maximum absolute atomic E-state index is 12.0. The van der Waals surface area contributed by atoms with Gasteiger partial charge in [0.05, 0.1) is 24.1 Å². The Bertz CT molecular complexity index is 569. The Morgan fingerprint density at radius 3 is 2.72 bits per heavy atom. The first kappa shape index (κ1) is 12.4. The molecule has 2 rings (SSSR count). The van der Waals surface area contributed by atoms with Crippen molar-refractivity contribution in [1.29, 1.82) is 0 Å². The highest BCUT2D eigenvalue weighted by molar-refractivity contribution is 5.95. The molecule has 1 N–H and O–H groups in total. The highest BCUT2D eigenvalue weighted by Crippen LogP contribution is 2.17. The van der Waals surface area contributed by atoms with E-state index >= 15 is 0 Å². The van der Waals surface area contributed by atoms with Crippen LogP contribution in [0, 0.1) is 13.8 Å². The molecule has 96 valence electrons. The molecule has 0 aromatic carbocycles. The lowest BCUT2D eigenvalue weighted by atomic mass is 10.1. The van der Waals surface area contributed by atoms with Crippen molar-refractivity contribution in [3.8, 4) is 0 Å². The number of hydrogen-bond acceptors (Lipinski definition) is 3. The fourth-order valence-corrected chi connectivity index (χ4v) is 1.91. The van der Waals surface area contributed by atoms with Gasteiger partial charge in [-0.2, -0.15) is 5.10 Å². The Balaban J connectivity index is 2.13. The van der Waals surface area contributed by atoms with E-state index in [1.807, 2.05) is 20.9 Å². The van der Waals surface area contributed by atoms with E-state index in [-0.39, 0.29) is 11.9 Å². The highest BCUT2D eigenvalue weighted by Gasteiger charge is 2.17. The second kappa shape index (κ2) is 4.68. The van der Waals surface area contributed by atoms with Crippen molar-refractivity contribution in [1.82, 2.24) is 15.1 Å². The number of aromatic nitrogens is 2. The van der Waals surface area contributed by atoms with E-state index in [4.69, 9.17) is 4.42 Å². The number of aryl methyl sites for hydroxylation is 2. The molecule has 18 heavy (non-hydrogen) atoms. The first-order valence-corrected chi connectivity index (χ1v) is 5.84. The Morgan fingerprint density at radius 1 is 1.50 bits per heavy atom. The van der Waals surface area contributed by atoms with E-state index in [1.165, 1.54) is 6.26 Å². The third kappa shape index (κ3) is 2.16. The van der Waals surface area contributed by atoms with Gasteiger partial charge in [0.15, 0.2) is 0 Å². The minimum atomic E-state index is -0.128. The molecule has 0 aliphatic rings. The first-order chi connectivity index (χ1) is 8.50. The number of carbonyl (C=O) groups excluding carboxylic acids is 1. The van der Waals surface area contributed by atoms with Crippen LogP contribution >= 0.6 is 0 Å². The lowest BCUT2D eigenvalue weighted by Gasteiger charge is -2.13. The van der Waals surface area contributed by atoms with E-state index in [9.17, 15) is 4.79 Å². The zero-order chi connectivity index (χ0) is 13.3. The number of carbonyl (C=O) groups is 1.